The summed E-state index contributed by atoms with van der Waals surface area (Å²) >= 11 is 0. The number of nitrogens with one attached hydrogen (secondary N) is 1. The van der Waals surface area contributed by atoms with Gasteiger partial charge >= 0.3 is 0 Å². The van der Waals surface area contributed by atoms with E-state index in [1.54, 1.807) is 24.4 Å². The maximum Gasteiger partial charge on any atom is 0.251 e. The molecule has 9 nitrogen and oxygen atoms in total. The molecule has 10 heteroatoms. The molecule has 1 amide bonds. The number of piperazine rings is 1. The van der Waals surface area contributed by atoms with E-state index in [0.717, 1.165) is 5.82 Å². The molecule has 1 aromatic heterocycles. The van der Waals surface area contributed by atoms with Crippen LogP contribution in [0.2, 0.25) is 0 Å². The highest BCUT2D eigenvalue weighted by Crippen LogP contribution is 2.29. The highest BCUT2D eigenvalue weighted by atomic mass is 32.2. The smallest absolute Gasteiger partial charge is 0.251 e. The predicted molar refractivity (Wildman–Crippen MR) is 123 cm³/mol. The minimum atomic E-state index is -3.47. The average Bonchev–Trinajstić information content (AvgIpc) is 2.79. The largest absolute Gasteiger partial charge is 0.493 e. The summed E-state index contributed by atoms with van der Waals surface area (Å²) in [5.41, 5.74) is 0.374. The van der Waals surface area contributed by atoms with Crippen molar-refractivity contribution in [2.75, 3.05) is 50.5 Å². The lowest BCUT2D eigenvalue weighted by Crippen LogP contribution is -2.50. The van der Waals surface area contributed by atoms with Gasteiger partial charge in [-0.15, -0.1) is 0 Å². The van der Waals surface area contributed by atoms with Crippen molar-refractivity contribution in [3.8, 4) is 11.5 Å². The van der Waals surface area contributed by atoms with Crippen molar-refractivity contribution < 1.29 is 22.7 Å². The van der Waals surface area contributed by atoms with E-state index in [1.165, 1.54) is 11.4 Å². The second kappa shape index (κ2) is 10.6. The Bertz CT molecular complexity index is 1010. The number of methoxy groups -OCH3 is 1. The molecule has 0 saturated carbocycles. The van der Waals surface area contributed by atoms with Gasteiger partial charge in [-0.1, -0.05) is 6.07 Å². The van der Waals surface area contributed by atoms with Crippen molar-refractivity contribution in [3.05, 3.63) is 48.2 Å². The average molecular weight is 463 g/mol. The normalized spacial score (nSPS) is 14.9. The molecule has 2 aromatic rings. The van der Waals surface area contributed by atoms with Gasteiger partial charge < -0.3 is 19.7 Å². The van der Waals surface area contributed by atoms with Crippen LogP contribution in [0.3, 0.4) is 0 Å². The number of hydrogen-bond acceptors (Lipinski definition) is 7. The lowest BCUT2D eigenvalue weighted by atomic mass is 10.2. The van der Waals surface area contributed by atoms with E-state index in [-0.39, 0.29) is 24.3 Å². The Morgan fingerprint density at radius 2 is 1.88 bits per heavy atom. The molecule has 174 valence electrons. The van der Waals surface area contributed by atoms with Crippen LogP contribution in [0.5, 0.6) is 11.5 Å². The Balaban J connectivity index is 1.50. The van der Waals surface area contributed by atoms with E-state index in [4.69, 9.17) is 9.47 Å². The van der Waals surface area contributed by atoms with Crippen molar-refractivity contribution in [1.82, 2.24) is 14.6 Å². The van der Waals surface area contributed by atoms with E-state index >= 15 is 0 Å². The molecule has 2 heterocycles. The van der Waals surface area contributed by atoms with Crippen LogP contribution in [0.15, 0.2) is 42.6 Å². The van der Waals surface area contributed by atoms with Crippen LogP contribution in [-0.4, -0.2) is 75.3 Å². The van der Waals surface area contributed by atoms with E-state index in [0.29, 0.717) is 43.2 Å². The molecule has 3 rings (SSSR count). The first-order chi connectivity index (χ1) is 15.3. The van der Waals surface area contributed by atoms with Crippen molar-refractivity contribution in [1.29, 1.82) is 0 Å². The molecule has 1 saturated heterocycles. The van der Waals surface area contributed by atoms with Crippen molar-refractivity contribution in [3.63, 3.8) is 0 Å². The molecule has 1 aromatic carbocycles. The molecule has 0 atom stereocenters. The number of benzene rings is 1. The summed E-state index contributed by atoms with van der Waals surface area (Å²) in [6, 6.07) is 10.6. The van der Waals surface area contributed by atoms with Gasteiger partial charge in [0.05, 0.1) is 19.0 Å². The highest BCUT2D eigenvalue weighted by molar-refractivity contribution is 7.89. The van der Waals surface area contributed by atoms with Crippen LogP contribution >= 0.6 is 0 Å². The van der Waals surface area contributed by atoms with Crippen LogP contribution in [0.25, 0.3) is 0 Å². The first-order valence-corrected chi connectivity index (χ1v) is 12.2. The Morgan fingerprint density at radius 1 is 1.12 bits per heavy atom. The van der Waals surface area contributed by atoms with E-state index in [9.17, 15) is 13.2 Å². The molecule has 32 heavy (non-hydrogen) atoms. The number of nitrogens with zero attached hydrogens (tertiary/aromatic N) is 3. The summed E-state index contributed by atoms with van der Waals surface area (Å²) in [5.74, 6) is 1.32. The standard InChI is InChI=1S/C22H30N4O5S/c1-17(2)31-19-8-7-18(16-20(19)30-3)22(27)24-10-15-32(28,29)26-13-11-25(12-14-26)21-6-4-5-9-23-21/h4-9,16-17H,10-15H2,1-3H3,(H,24,27). The topological polar surface area (TPSA) is 101 Å². The summed E-state index contributed by atoms with van der Waals surface area (Å²) in [6.45, 7) is 5.76. The fraction of sp³-hybridized carbons (Fsp3) is 0.455. The van der Waals surface area contributed by atoms with Gasteiger partial charge in [0.2, 0.25) is 10.0 Å². The van der Waals surface area contributed by atoms with Gasteiger partial charge in [-0.05, 0) is 44.2 Å². The SMILES string of the molecule is COc1cc(C(=O)NCCS(=O)(=O)N2CCN(c3ccccn3)CC2)ccc1OC(C)C. The molecule has 0 radical (unpaired) electrons. The Labute approximate surface area is 189 Å². The zero-order valence-corrected chi connectivity index (χ0v) is 19.5. The van der Waals surface area contributed by atoms with Crippen LogP contribution in [-0.2, 0) is 10.0 Å². The van der Waals surface area contributed by atoms with Gasteiger partial charge in [0.1, 0.15) is 5.82 Å². The number of pyridine rings is 1. The highest BCUT2D eigenvalue weighted by Gasteiger charge is 2.27. The second-order valence-electron chi connectivity index (χ2n) is 7.68. The lowest BCUT2D eigenvalue weighted by molar-refractivity contribution is 0.0955. The number of ether oxygens (including phenoxy) is 2. The first-order valence-electron chi connectivity index (χ1n) is 10.6. The van der Waals surface area contributed by atoms with E-state index < -0.39 is 10.0 Å². The number of rotatable bonds is 9. The molecule has 0 unspecified atom stereocenters. The van der Waals surface area contributed by atoms with Gasteiger partial charge in [0.15, 0.2) is 11.5 Å². The second-order valence-corrected chi connectivity index (χ2v) is 9.77. The monoisotopic (exact) mass is 462 g/mol. The van der Waals surface area contributed by atoms with Crippen LogP contribution in [0.1, 0.15) is 24.2 Å². The van der Waals surface area contributed by atoms with Gasteiger partial charge in [0, 0.05) is 44.5 Å². The maximum atomic E-state index is 12.7. The third kappa shape index (κ3) is 6.10. The number of carbonyl (C=O) groups excluding carboxylic acids is 1. The molecule has 1 aliphatic heterocycles. The Kier molecular flexibility index (Phi) is 7.92. The molecular weight excluding hydrogens is 432 g/mol. The number of anilines is 1. The molecule has 0 spiro atoms. The van der Waals surface area contributed by atoms with E-state index in [1.807, 2.05) is 32.0 Å². The van der Waals surface area contributed by atoms with Crippen molar-refractivity contribution in [2.45, 2.75) is 20.0 Å². The zero-order chi connectivity index (χ0) is 23.1. The molecule has 1 aliphatic rings. The number of amides is 1. The van der Waals surface area contributed by atoms with Crippen LogP contribution in [0, 0.1) is 0 Å². The zero-order valence-electron chi connectivity index (χ0n) is 18.7. The summed E-state index contributed by atoms with van der Waals surface area (Å²) in [5, 5.41) is 2.68. The fourth-order valence-electron chi connectivity index (χ4n) is 3.42. The molecule has 1 N–H and O–H groups in total. The first kappa shape index (κ1) is 23.8. The van der Waals surface area contributed by atoms with Gasteiger partial charge in [-0.25, -0.2) is 13.4 Å². The summed E-state index contributed by atoms with van der Waals surface area (Å²) in [4.78, 5) is 18.9. The summed E-state index contributed by atoms with van der Waals surface area (Å²) < 4.78 is 37.8. The molecule has 0 aliphatic carbocycles. The predicted octanol–water partition coefficient (Wildman–Crippen LogP) is 1.76. The number of carbonyl (C=O) groups is 1. The quantitative estimate of drug-likeness (QED) is 0.606. The van der Waals surface area contributed by atoms with Gasteiger partial charge in [-0.2, -0.15) is 4.31 Å². The number of sulfonamides is 1. The number of hydrogen-bond donors (Lipinski definition) is 1. The minimum Gasteiger partial charge on any atom is -0.493 e. The fourth-order valence-corrected chi connectivity index (χ4v) is 4.76. The van der Waals surface area contributed by atoms with Crippen LogP contribution < -0.4 is 19.7 Å². The maximum absolute atomic E-state index is 12.7. The molecule has 1 fully saturated rings. The van der Waals surface area contributed by atoms with E-state index in [2.05, 4.69) is 15.2 Å². The summed E-state index contributed by atoms with van der Waals surface area (Å²) in [7, 11) is -1.97. The molecular formula is C22H30N4O5S. The Hall–Kier alpha value is -2.85. The third-order valence-corrected chi connectivity index (χ3v) is 6.91. The molecule has 0 bridgehead atoms. The van der Waals surface area contributed by atoms with Gasteiger partial charge in [-0.3, -0.25) is 4.79 Å². The van der Waals surface area contributed by atoms with Crippen molar-refractivity contribution in [2.24, 2.45) is 0 Å². The van der Waals surface area contributed by atoms with Gasteiger partial charge in [0.25, 0.3) is 5.91 Å². The minimum absolute atomic E-state index is 0.0220. The van der Waals surface area contributed by atoms with Crippen LogP contribution in [0.4, 0.5) is 5.82 Å². The Morgan fingerprint density at radius 3 is 2.50 bits per heavy atom. The third-order valence-electron chi connectivity index (χ3n) is 5.04. The summed E-state index contributed by atoms with van der Waals surface area (Å²) in [6.07, 6.45) is 1.70. The lowest BCUT2D eigenvalue weighted by Gasteiger charge is -2.34. The number of aromatic nitrogens is 1. The van der Waals surface area contributed by atoms with Crippen molar-refractivity contribution >= 4 is 21.7 Å².